The molecule has 116 valence electrons. The Bertz CT molecular complexity index is 638. The van der Waals surface area contributed by atoms with Gasteiger partial charge in [0.1, 0.15) is 0 Å². The Hall–Kier alpha value is -2.30. The summed E-state index contributed by atoms with van der Waals surface area (Å²) in [6.45, 7) is 1.83. The lowest BCUT2D eigenvalue weighted by molar-refractivity contribution is -0.137. The molecule has 0 aromatic heterocycles. The summed E-state index contributed by atoms with van der Waals surface area (Å²) >= 11 is 0. The van der Waals surface area contributed by atoms with Crippen molar-refractivity contribution in [3.63, 3.8) is 0 Å². The number of alkyl halides is 3. The number of hydrogen-bond donors (Lipinski definition) is 1. The van der Waals surface area contributed by atoms with Gasteiger partial charge in [0, 0.05) is 0 Å². The smallest absolute Gasteiger partial charge is 0.325 e. The average molecular weight is 307 g/mol. The number of hydrogen-bond acceptors (Lipinski definition) is 1. The molecule has 0 saturated carbocycles. The van der Waals surface area contributed by atoms with Crippen LogP contribution in [-0.2, 0) is 11.0 Å². The molecular weight excluding hydrogens is 291 g/mol. The van der Waals surface area contributed by atoms with Crippen LogP contribution in [0.15, 0.2) is 54.6 Å². The second-order valence-corrected chi connectivity index (χ2v) is 4.90. The minimum Gasteiger partial charge on any atom is -0.325 e. The van der Waals surface area contributed by atoms with E-state index in [4.69, 9.17) is 0 Å². The first-order valence-corrected chi connectivity index (χ1v) is 6.95. The van der Waals surface area contributed by atoms with Crippen molar-refractivity contribution in [1.82, 2.24) is 0 Å². The zero-order valence-corrected chi connectivity index (χ0v) is 12.0. The van der Waals surface area contributed by atoms with E-state index in [1.54, 1.807) is 24.3 Å². The van der Waals surface area contributed by atoms with Crippen LogP contribution in [0.5, 0.6) is 0 Å². The molecule has 2 nitrogen and oxygen atoms in total. The van der Waals surface area contributed by atoms with Gasteiger partial charge in [-0.1, -0.05) is 49.4 Å². The maximum absolute atomic E-state index is 13.0. The Balaban J connectivity index is 2.25. The highest BCUT2D eigenvalue weighted by atomic mass is 19.4. The molecule has 1 N–H and O–H groups in total. The van der Waals surface area contributed by atoms with Crippen LogP contribution in [0.1, 0.15) is 30.4 Å². The van der Waals surface area contributed by atoms with Gasteiger partial charge >= 0.3 is 6.18 Å². The molecule has 5 heteroatoms. The summed E-state index contributed by atoms with van der Waals surface area (Å²) in [4.78, 5) is 12.3. The fraction of sp³-hybridized carbons (Fsp3) is 0.235. The standard InChI is InChI=1S/C17H16F3NO/c1-2-13(12-8-4-3-5-9-12)16(22)21-15-11-7-6-10-14(15)17(18,19)20/h3-11,13H,2H2,1H3,(H,21,22)/t13-/m1/s1. The van der Waals surface area contributed by atoms with Crippen LogP contribution in [0.25, 0.3) is 0 Å². The van der Waals surface area contributed by atoms with Crippen molar-refractivity contribution in [2.75, 3.05) is 5.32 Å². The molecule has 2 rings (SSSR count). The predicted molar refractivity (Wildman–Crippen MR) is 79.5 cm³/mol. The van der Waals surface area contributed by atoms with E-state index >= 15 is 0 Å². The van der Waals surface area contributed by atoms with Gasteiger partial charge in [0.15, 0.2) is 0 Å². The summed E-state index contributed by atoms with van der Waals surface area (Å²) in [5.41, 5.74) is -0.271. The molecule has 0 radical (unpaired) electrons. The van der Waals surface area contributed by atoms with Gasteiger partial charge in [-0.2, -0.15) is 13.2 Å². The van der Waals surface area contributed by atoms with Crippen LogP contribution < -0.4 is 5.32 Å². The molecule has 0 unspecified atom stereocenters. The van der Waals surface area contributed by atoms with E-state index in [2.05, 4.69) is 5.32 Å². The van der Waals surface area contributed by atoms with Gasteiger partial charge in [0.05, 0.1) is 17.2 Å². The van der Waals surface area contributed by atoms with E-state index in [1.165, 1.54) is 18.2 Å². The maximum Gasteiger partial charge on any atom is 0.418 e. The first-order chi connectivity index (χ1) is 10.4. The number of amides is 1. The SMILES string of the molecule is CC[C@@H](C(=O)Nc1ccccc1C(F)(F)F)c1ccccc1. The number of halogens is 3. The normalized spacial score (nSPS) is 12.7. The van der Waals surface area contributed by atoms with E-state index in [-0.39, 0.29) is 5.69 Å². The van der Waals surface area contributed by atoms with Gasteiger partial charge in [0.2, 0.25) is 5.91 Å². The lowest BCUT2D eigenvalue weighted by Gasteiger charge is -2.18. The Morgan fingerprint density at radius 2 is 1.64 bits per heavy atom. The van der Waals surface area contributed by atoms with Gasteiger partial charge in [-0.05, 0) is 24.1 Å². The fourth-order valence-corrected chi connectivity index (χ4v) is 2.32. The second-order valence-electron chi connectivity index (χ2n) is 4.90. The average Bonchev–Trinajstić information content (AvgIpc) is 2.48. The van der Waals surface area contributed by atoms with E-state index in [0.29, 0.717) is 6.42 Å². The van der Waals surface area contributed by atoms with Crippen molar-refractivity contribution in [1.29, 1.82) is 0 Å². The number of nitrogens with one attached hydrogen (secondary N) is 1. The van der Waals surface area contributed by atoms with Crippen LogP contribution >= 0.6 is 0 Å². The number of para-hydroxylation sites is 1. The predicted octanol–water partition coefficient (Wildman–Crippen LogP) is 4.84. The van der Waals surface area contributed by atoms with Gasteiger partial charge in [0.25, 0.3) is 0 Å². The highest BCUT2D eigenvalue weighted by molar-refractivity contribution is 5.96. The summed E-state index contributed by atoms with van der Waals surface area (Å²) in [6, 6.07) is 14.0. The highest BCUT2D eigenvalue weighted by Gasteiger charge is 2.34. The molecule has 0 bridgehead atoms. The molecular formula is C17H16F3NO. The summed E-state index contributed by atoms with van der Waals surface area (Å²) in [6.07, 6.45) is -4.00. The number of anilines is 1. The molecule has 0 aliphatic carbocycles. The summed E-state index contributed by atoms with van der Waals surface area (Å²) in [5, 5.41) is 2.41. The summed E-state index contributed by atoms with van der Waals surface area (Å²) in [7, 11) is 0. The summed E-state index contributed by atoms with van der Waals surface area (Å²) in [5.74, 6) is -0.923. The molecule has 0 spiro atoms. The van der Waals surface area contributed by atoms with E-state index in [0.717, 1.165) is 11.6 Å². The second kappa shape index (κ2) is 6.64. The number of carbonyl (C=O) groups excluding carboxylic acids is 1. The van der Waals surface area contributed by atoms with Crippen LogP contribution in [0.2, 0.25) is 0 Å². The first kappa shape index (κ1) is 16.1. The van der Waals surface area contributed by atoms with Crippen molar-refractivity contribution in [3.8, 4) is 0 Å². The number of benzene rings is 2. The zero-order valence-electron chi connectivity index (χ0n) is 12.0. The third-order valence-corrected chi connectivity index (χ3v) is 3.42. The minimum absolute atomic E-state index is 0.214. The largest absolute Gasteiger partial charge is 0.418 e. The van der Waals surface area contributed by atoms with Crippen molar-refractivity contribution in [2.24, 2.45) is 0 Å². The lowest BCUT2D eigenvalue weighted by Crippen LogP contribution is -2.22. The number of rotatable bonds is 4. The molecule has 0 heterocycles. The van der Waals surface area contributed by atoms with E-state index in [9.17, 15) is 18.0 Å². The highest BCUT2D eigenvalue weighted by Crippen LogP contribution is 2.35. The first-order valence-electron chi connectivity index (χ1n) is 6.95. The van der Waals surface area contributed by atoms with Crippen molar-refractivity contribution in [2.45, 2.75) is 25.4 Å². The van der Waals surface area contributed by atoms with Crippen LogP contribution in [0.3, 0.4) is 0 Å². The molecule has 2 aromatic rings. The van der Waals surface area contributed by atoms with Gasteiger partial charge in [-0.25, -0.2) is 0 Å². The van der Waals surface area contributed by atoms with E-state index < -0.39 is 23.6 Å². The Kier molecular flexibility index (Phi) is 4.85. The monoisotopic (exact) mass is 307 g/mol. The third kappa shape index (κ3) is 3.67. The van der Waals surface area contributed by atoms with Crippen molar-refractivity contribution < 1.29 is 18.0 Å². The maximum atomic E-state index is 13.0. The van der Waals surface area contributed by atoms with Crippen molar-refractivity contribution in [3.05, 3.63) is 65.7 Å². The molecule has 0 saturated heterocycles. The molecule has 0 fully saturated rings. The molecule has 0 aliphatic heterocycles. The fourth-order valence-electron chi connectivity index (χ4n) is 2.32. The Morgan fingerprint density at radius 3 is 2.23 bits per heavy atom. The van der Waals surface area contributed by atoms with Crippen molar-refractivity contribution >= 4 is 11.6 Å². The quantitative estimate of drug-likeness (QED) is 0.860. The molecule has 22 heavy (non-hydrogen) atoms. The molecule has 0 aliphatic rings. The molecule has 1 atom stereocenters. The van der Waals surface area contributed by atoms with Crippen LogP contribution in [0.4, 0.5) is 18.9 Å². The van der Waals surface area contributed by atoms with Gasteiger partial charge < -0.3 is 5.32 Å². The Labute approximate surface area is 127 Å². The van der Waals surface area contributed by atoms with Gasteiger partial charge in [-0.15, -0.1) is 0 Å². The lowest BCUT2D eigenvalue weighted by atomic mass is 9.95. The minimum atomic E-state index is -4.50. The Morgan fingerprint density at radius 1 is 1.05 bits per heavy atom. The topological polar surface area (TPSA) is 29.1 Å². The van der Waals surface area contributed by atoms with Gasteiger partial charge in [-0.3, -0.25) is 4.79 Å². The molecule has 1 amide bonds. The summed E-state index contributed by atoms with van der Waals surface area (Å²) < 4.78 is 38.9. The zero-order chi connectivity index (χ0) is 16.2. The van der Waals surface area contributed by atoms with Crippen LogP contribution in [-0.4, -0.2) is 5.91 Å². The van der Waals surface area contributed by atoms with Crippen LogP contribution in [0, 0.1) is 0 Å². The third-order valence-electron chi connectivity index (χ3n) is 3.42. The van der Waals surface area contributed by atoms with E-state index in [1.807, 2.05) is 13.0 Å². The number of carbonyl (C=O) groups is 1. The molecule has 2 aromatic carbocycles.